The van der Waals surface area contributed by atoms with E-state index in [1.807, 2.05) is 0 Å². The molecule has 0 unspecified atom stereocenters. The number of rotatable bonds is 2. The van der Waals surface area contributed by atoms with E-state index in [1.54, 1.807) is 0 Å². The van der Waals surface area contributed by atoms with Crippen LogP contribution in [0, 0.1) is 11.6 Å². The zero-order valence-corrected chi connectivity index (χ0v) is 7.29. The summed E-state index contributed by atoms with van der Waals surface area (Å²) in [6.45, 7) is 1.10. The van der Waals surface area contributed by atoms with Crippen LogP contribution in [0.2, 0.25) is 0 Å². The van der Waals surface area contributed by atoms with Crippen LogP contribution in [0.3, 0.4) is 0 Å². The highest BCUT2D eigenvalue weighted by Gasteiger charge is 2.20. The van der Waals surface area contributed by atoms with Crippen molar-refractivity contribution >= 4 is 18.4 Å². The fourth-order valence-corrected chi connectivity index (χ4v) is 1.03. The lowest BCUT2D eigenvalue weighted by molar-refractivity contribution is 0.101. The Morgan fingerprint density at radius 1 is 1.29 bits per heavy atom. The van der Waals surface area contributed by atoms with E-state index in [0.29, 0.717) is 6.07 Å². The normalized spacial score (nSPS) is 10.1. The standard InChI is InChI=1S/C8H7BF2O3/c1-4(12)5-2-6(9(13)14)8(11)3-7(5)10/h2-3,13-14H,1H3. The number of ketones is 1. The van der Waals surface area contributed by atoms with Crippen molar-refractivity contribution in [2.24, 2.45) is 0 Å². The van der Waals surface area contributed by atoms with Gasteiger partial charge in [0.2, 0.25) is 0 Å². The van der Waals surface area contributed by atoms with Crippen LogP contribution < -0.4 is 5.46 Å². The molecule has 0 radical (unpaired) electrons. The Labute approximate surface area is 79.1 Å². The van der Waals surface area contributed by atoms with Crippen molar-refractivity contribution in [2.45, 2.75) is 6.92 Å². The monoisotopic (exact) mass is 200 g/mol. The van der Waals surface area contributed by atoms with Crippen LogP contribution in [0.15, 0.2) is 12.1 Å². The highest BCUT2D eigenvalue weighted by molar-refractivity contribution is 6.58. The van der Waals surface area contributed by atoms with Gasteiger partial charge >= 0.3 is 7.12 Å². The number of hydrogen-bond donors (Lipinski definition) is 2. The average molecular weight is 200 g/mol. The van der Waals surface area contributed by atoms with Gasteiger partial charge in [-0.15, -0.1) is 0 Å². The third-order valence-electron chi connectivity index (χ3n) is 1.74. The Morgan fingerprint density at radius 2 is 1.86 bits per heavy atom. The number of benzene rings is 1. The minimum absolute atomic E-state index is 0.366. The van der Waals surface area contributed by atoms with Crippen LogP contribution in [-0.4, -0.2) is 22.9 Å². The molecule has 0 saturated carbocycles. The lowest BCUT2D eigenvalue weighted by Gasteiger charge is -2.04. The molecule has 0 spiro atoms. The summed E-state index contributed by atoms with van der Waals surface area (Å²) in [7, 11) is -2.06. The largest absolute Gasteiger partial charge is 0.491 e. The van der Waals surface area contributed by atoms with Gasteiger partial charge in [-0.05, 0) is 13.0 Å². The first-order valence-electron chi connectivity index (χ1n) is 3.79. The molecule has 1 aromatic carbocycles. The van der Waals surface area contributed by atoms with Crippen LogP contribution in [-0.2, 0) is 0 Å². The summed E-state index contributed by atoms with van der Waals surface area (Å²) in [5.74, 6) is -2.72. The molecule has 0 aromatic heterocycles. The highest BCUT2D eigenvalue weighted by atomic mass is 19.1. The van der Waals surface area contributed by atoms with Crippen LogP contribution in [0.1, 0.15) is 17.3 Å². The maximum atomic E-state index is 12.9. The molecule has 0 saturated heterocycles. The fraction of sp³-hybridized carbons (Fsp3) is 0.125. The third kappa shape index (κ3) is 1.97. The smallest absolute Gasteiger partial charge is 0.423 e. The van der Waals surface area contributed by atoms with Gasteiger partial charge in [-0.2, -0.15) is 0 Å². The zero-order valence-electron chi connectivity index (χ0n) is 7.29. The highest BCUT2D eigenvalue weighted by Crippen LogP contribution is 2.08. The molecule has 0 bridgehead atoms. The molecule has 0 fully saturated rings. The summed E-state index contributed by atoms with van der Waals surface area (Å²) in [6, 6.07) is 1.24. The Morgan fingerprint density at radius 3 is 2.29 bits per heavy atom. The van der Waals surface area contributed by atoms with E-state index in [4.69, 9.17) is 10.0 Å². The van der Waals surface area contributed by atoms with Gasteiger partial charge < -0.3 is 10.0 Å². The predicted molar refractivity (Wildman–Crippen MR) is 46.2 cm³/mol. The number of carbonyl (C=O) groups is 1. The average Bonchev–Trinajstić information content (AvgIpc) is 2.02. The van der Waals surface area contributed by atoms with Crippen molar-refractivity contribution in [3.05, 3.63) is 29.3 Å². The summed E-state index contributed by atoms with van der Waals surface area (Å²) in [6.07, 6.45) is 0. The fourth-order valence-electron chi connectivity index (χ4n) is 1.03. The number of carbonyl (C=O) groups excluding carboxylic acids is 1. The molecule has 0 aliphatic carbocycles. The van der Waals surface area contributed by atoms with Gasteiger partial charge in [0.15, 0.2) is 5.78 Å². The SMILES string of the molecule is CC(=O)c1cc(B(O)O)c(F)cc1F. The molecule has 74 valence electrons. The van der Waals surface area contributed by atoms with Gasteiger partial charge in [-0.3, -0.25) is 4.79 Å². The maximum Gasteiger partial charge on any atom is 0.491 e. The second-order valence-corrected chi connectivity index (χ2v) is 2.78. The van der Waals surface area contributed by atoms with Crippen molar-refractivity contribution in [1.82, 2.24) is 0 Å². The van der Waals surface area contributed by atoms with Gasteiger partial charge in [-0.25, -0.2) is 8.78 Å². The molecule has 0 aliphatic rings. The topological polar surface area (TPSA) is 57.5 Å². The summed E-state index contributed by atoms with van der Waals surface area (Å²) < 4.78 is 25.8. The number of hydrogen-bond acceptors (Lipinski definition) is 3. The van der Waals surface area contributed by atoms with Crippen LogP contribution in [0.25, 0.3) is 0 Å². The molecule has 6 heteroatoms. The summed E-state index contributed by atoms with van der Waals surface area (Å²) in [5.41, 5.74) is -0.883. The predicted octanol–water partition coefficient (Wildman–Crippen LogP) is -0.153. The molecule has 2 N–H and O–H groups in total. The van der Waals surface area contributed by atoms with E-state index in [9.17, 15) is 13.6 Å². The molecule has 1 aromatic rings. The van der Waals surface area contributed by atoms with Gasteiger partial charge in [0, 0.05) is 11.5 Å². The van der Waals surface area contributed by atoms with E-state index < -0.39 is 30.0 Å². The van der Waals surface area contributed by atoms with Crippen molar-refractivity contribution < 1.29 is 23.6 Å². The third-order valence-corrected chi connectivity index (χ3v) is 1.74. The molecule has 0 heterocycles. The number of Topliss-reactive ketones (excluding diaryl/α,β-unsaturated/α-hetero) is 1. The first kappa shape index (κ1) is 10.8. The van der Waals surface area contributed by atoms with Gasteiger partial charge in [0.25, 0.3) is 0 Å². The molecule has 0 aliphatic heterocycles. The van der Waals surface area contributed by atoms with Gasteiger partial charge in [0.05, 0.1) is 5.56 Å². The Hall–Kier alpha value is -1.27. The minimum atomic E-state index is -2.06. The van der Waals surface area contributed by atoms with Crippen molar-refractivity contribution in [3.63, 3.8) is 0 Å². The Kier molecular flexibility index (Phi) is 2.98. The van der Waals surface area contributed by atoms with Crippen molar-refractivity contribution in [3.8, 4) is 0 Å². The van der Waals surface area contributed by atoms with Crippen LogP contribution in [0.4, 0.5) is 8.78 Å². The summed E-state index contributed by atoms with van der Waals surface area (Å²) >= 11 is 0. The molecule has 0 amide bonds. The van der Waals surface area contributed by atoms with Crippen LogP contribution in [0.5, 0.6) is 0 Å². The van der Waals surface area contributed by atoms with Gasteiger partial charge in [0.1, 0.15) is 11.6 Å². The lowest BCUT2D eigenvalue weighted by atomic mass is 9.78. The lowest BCUT2D eigenvalue weighted by Crippen LogP contribution is -2.33. The first-order valence-corrected chi connectivity index (χ1v) is 3.79. The van der Waals surface area contributed by atoms with E-state index >= 15 is 0 Å². The van der Waals surface area contributed by atoms with Crippen molar-refractivity contribution in [1.29, 1.82) is 0 Å². The summed E-state index contributed by atoms with van der Waals surface area (Å²) in [5, 5.41) is 17.4. The van der Waals surface area contributed by atoms with E-state index in [0.717, 1.165) is 13.0 Å². The van der Waals surface area contributed by atoms with E-state index in [1.165, 1.54) is 0 Å². The zero-order chi connectivity index (χ0) is 10.9. The van der Waals surface area contributed by atoms with Crippen LogP contribution >= 0.6 is 0 Å². The molecular formula is C8H7BF2O3. The number of halogens is 2. The summed E-state index contributed by atoms with van der Waals surface area (Å²) in [4.78, 5) is 10.8. The quantitative estimate of drug-likeness (QED) is 0.515. The minimum Gasteiger partial charge on any atom is -0.423 e. The van der Waals surface area contributed by atoms with E-state index in [2.05, 4.69) is 0 Å². The van der Waals surface area contributed by atoms with Gasteiger partial charge in [-0.1, -0.05) is 0 Å². The Balaban J connectivity index is 3.34. The maximum absolute atomic E-state index is 12.9. The van der Waals surface area contributed by atoms with E-state index in [-0.39, 0.29) is 5.56 Å². The Bertz CT molecular complexity index is 379. The molecule has 0 atom stereocenters. The second-order valence-electron chi connectivity index (χ2n) is 2.78. The molecule has 1 rings (SSSR count). The first-order chi connectivity index (χ1) is 6.43. The molecule has 14 heavy (non-hydrogen) atoms. The molecule has 3 nitrogen and oxygen atoms in total. The van der Waals surface area contributed by atoms with Crippen molar-refractivity contribution in [2.75, 3.05) is 0 Å². The molecular weight excluding hydrogens is 193 g/mol. The second kappa shape index (κ2) is 3.85.